The van der Waals surface area contributed by atoms with Crippen LogP contribution in [0.25, 0.3) is 0 Å². The summed E-state index contributed by atoms with van der Waals surface area (Å²) in [5.41, 5.74) is -4.52. The van der Waals surface area contributed by atoms with Crippen LogP contribution in [0.5, 0.6) is 11.5 Å². The van der Waals surface area contributed by atoms with E-state index in [1.54, 1.807) is 12.1 Å². The molecule has 0 aromatic heterocycles. The van der Waals surface area contributed by atoms with E-state index in [2.05, 4.69) is 62.0 Å². The first-order chi connectivity index (χ1) is 14.1. The Labute approximate surface area is 221 Å². The van der Waals surface area contributed by atoms with Gasteiger partial charge in [-0.2, -0.15) is 0 Å². The van der Waals surface area contributed by atoms with Crippen LogP contribution in [-0.2, 0) is 82.0 Å². The van der Waals surface area contributed by atoms with Gasteiger partial charge in [0.05, 0.1) is 0 Å². The van der Waals surface area contributed by atoms with Gasteiger partial charge in [0.2, 0.25) is 0 Å². The summed E-state index contributed by atoms with van der Waals surface area (Å²) in [5, 5.41) is 0. The second-order valence-electron chi connectivity index (χ2n) is 6.50. The van der Waals surface area contributed by atoms with Gasteiger partial charge >= 0.3 is 21.1 Å². The minimum Gasteiger partial charge on any atom is -0.809 e. The van der Waals surface area contributed by atoms with Crippen molar-refractivity contribution in [2.24, 2.45) is 0 Å². The first kappa shape index (κ1) is 31.6. The summed E-state index contributed by atoms with van der Waals surface area (Å²) in [6.07, 6.45) is 6.15. The molecule has 0 fully saturated rings. The maximum Gasteiger partial charge on any atom is 4.00 e. The molecule has 0 N–H and O–H groups in total. The Morgan fingerprint density at radius 1 is 0.742 bits per heavy atom. The fraction of sp³-hybridized carbons (Fsp3) is 0.400. The number of hydrogen-bond donors (Lipinski definition) is 0. The van der Waals surface area contributed by atoms with Crippen LogP contribution in [0.2, 0.25) is 0 Å². The van der Waals surface area contributed by atoms with Gasteiger partial charge in [-0.1, -0.05) is 98.1 Å². The molecule has 11 heteroatoms. The summed E-state index contributed by atoms with van der Waals surface area (Å²) in [6, 6.07) is 14.9. The molecule has 2 aromatic rings. The fourth-order valence-corrected chi connectivity index (χ4v) is 4.38. The third kappa shape index (κ3) is 15.2. The van der Waals surface area contributed by atoms with Crippen molar-refractivity contribution in [3.63, 3.8) is 0 Å². The molecule has 0 radical (unpaired) electrons. The van der Waals surface area contributed by atoms with E-state index in [1.807, 2.05) is 36.4 Å². The zero-order chi connectivity index (χ0) is 22.6. The van der Waals surface area contributed by atoms with Crippen molar-refractivity contribution < 1.29 is 39.9 Å². The van der Waals surface area contributed by atoms with E-state index in [0.717, 1.165) is 49.7 Å². The molecule has 0 saturated carbocycles. The fourth-order valence-electron chi connectivity index (χ4n) is 2.57. The molecule has 0 bridgehead atoms. The van der Waals surface area contributed by atoms with E-state index in [4.69, 9.17) is 9.05 Å². The molecule has 0 saturated heterocycles. The van der Waals surface area contributed by atoms with Crippen LogP contribution >= 0.6 is 11.4 Å². The Kier molecular flexibility index (Phi) is 16.6. The van der Waals surface area contributed by atoms with Gasteiger partial charge in [-0.05, 0) is 48.9 Å². The number of aryl methyl sites for hydroxylation is 2. The maximum absolute atomic E-state index is 11.2. The molecule has 0 aliphatic heterocycles. The molecule has 2 atom stereocenters. The standard InChI is InChI=1S/2C10H15O2PS2.Mo/c2*1-2-3-6-9-7-4-5-8-10(9)12-13(11,14)15;/h2*4-5,7-8H,2-3,6H2,1H3,(H2,11,14,15);/q;;+4/p-4. The molecule has 0 amide bonds. The number of hydrogen-bond acceptors (Lipinski definition) is 8. The molecular formula is C20H26MoO4P2S4. The monoisotopic (exact) mass is 618 g/mol. The van der Waals surface area contributed by atoms with Gasteiger partial charge in [0.15, 0.2) is 0 Å². The first-order valence-electron chi connectivity index (χ1n) is 9.64. The molecule has 0 spiro atoms. The summed E-state index contributed by atoms with van der Waals surface area (Å²) < 4.78 is 10.2. The molecule has 0 aliphatic rings. The number of rotatable bonds is 10. The largest absolute Gasteiger partial charge is 4.00 e. The third-order valence-electron chi connectivity index (χ3n) is 3.96. The van der Waals surface area contributed by atoms with Gasteiger partial charge in [0.1, 0.15) is 11.5 Å². The van der Waals surface area contributed by atoms with Crippen LogP contribution in [0, 0.1) is 0 Å². The maximum atomic E-state index is 11.2. The van der Waals surface area contributed by atoms with E-state index < -0.39 is 11.4 Å². The van der Waals surface area contributed by atoms with Gasteiger partial charge in [0, 0.05) is 0 Å². The number of benzene rings is 2. The van der Waals surface area contributed by atoms with Crippen molar-refractivity contribution in [1.29, 1.82) is 0 Å². The Bertz CT molecular complexity index is 802. The molecular weight excluding hydrogens is 590 g/mol. The zero-order valence-electron chi connectivity index (χ0n) is 17.4. The second-order valence-corrected chi connectivity index (χ2v) is 15.8. The van der Waals surface area contributed by atoms with Crippen molar-refractivity contribution in [2.75, 3.05) is 0 Å². The first-order valence-corrected chi connectivity index (χ1v) is 16.9. The number of para-hydroxylation sites is 2. The summed E-state index contributed by atoms with van der Waals surface area (Å²) in [6.45, 7) is 4.24. The van der Waals surface area contributed by atoms with E-state index in [1.165, 1.54) is 0 Å². The zero-order valence-corrected chi connectivity index (χ0v) is 24.5. The van der Waals surface area contributed by atoms with Crippen LogP contribution in [-0.4, -0.2) is 0 Å². The summed E-state index contributed by atoms with van der Waals surface area (Å²) in [7, 11) is 0. The SMILES string of the molecule is CCCCc1ccccc1OP([O-])(=S)[S-].CCCCc1ccccc1OP([O-])(=S)[S-].[Mo+4]. The van der Waals surface area contributed by atoms with Crippen LogP contribution in [0.3, 0.4) is 0 Å². The van der Waals surface area contributed by atoms with Gasteiger partial charge in [-0.25, -0.2) is 0 Å². The predicted octanol–water partition coefficient (Wildman–Crippen LogP) is 5.08. The Morgan fingerprint density at radius 3 is 1.35 bits per heavy atom. The van der Waals surface area contributed by atoms with Crippen molar-refractivity contribution >= 4 is 59.5 Å². The average Bonchev–Trinajstić information content (AvgIpc) is 2.65. The molecule has 0 aliphatic carbocycles. The van der Waals surface area contributed by atoms with Gasteiger partial charge in [-0.3, -0.25) is 0 Å². The number of unbranched alkanes of at least 4 members (excludes halogenated alkanes) is 2. The summed E-state index contributed by atoms with van der Waals surface area (Å²) >= 11 is 18.3. The van der Waals surface area contributed by atoms with Gasteiger partial charge < -0.3 is 43.3 Å². The van der Waals surface area contributed by atoms with Crippen molar-refractivity contribution in [3.8, 4) is 11.5 Å². The van der Waals surface area contributed by atoms with Crippen LogP contribution in [0.15, 0.2) is 48.5 Å². The summed E-state index contributed by atoms with van der Waals surface area (Å²) in [5.74, 6) is 1.14. The van der Waals surface area contributed by atoms with E-state index in [0.29, 0.717) is 11.5 Å². The summed E-state index contributed by atoms with van der Waals surface area (Å²) in [4.78, 5) is 22.4. The van der Waals surface area contributed by atoms with Crippen molar-refractivity contribution in [2.45, 2.75) is 52.4 Å². The van der Waals surface area contributed by atoms with Crippen LogP contribution < -0.4 is 18.8 Å². The third-order valence-corrected chi connectivity index (χ3v) is 5.70. The minimum absolute atomic E-state index is 0. The van der Waals surface area contributed by atoms with Gasteiger partial charge in [0.25, 0.3) is 0 Å². The van der Waals surface area contributed by atoms with E-state index in [-0.39, 0.29) is 21.1 Å². The molecule has 31 heavy (non-hydrogen) atoms. The van der Waals surface area contributed by atoms with Crippen LogP contribution in [0.1, 0.15) is 50.7 Å². The molecule has 4 nitrogen and oxygen atoms in total. The van der Waals surface area contributed by atoms with Crippen LogP contribution in [0.4, 0.5) is 0 Å². The smallest absolute Gasteiger partial charge is 0.809 e. The van der Waals surface area contributed by atoms with E-state index in [9.17, 15) is 9.79 Å². The Balaban J connectivity index is 0.000000562. The molecule has 170 valence electrons. The predicted molar refractivity (Wildman–Crippen MR) is 135 cm³/mol. The average molecular weight is 617 g/mol. The molecule has 0 heterocycles. The topological polar surface area (TPSA) is 64.6 Å². The Hall–Kier alpha value is 0.648. The molecule has 2 rings (SSSR count). The quantitative estimate of drug-likeness (QED) is 0.208. The van der Waals surface area contributed by atoms with Crippen molar-refractivity contribution in [1.82, 2.24) is 0 Å². The molecule has 2 aromatic carbocycles. The van der Waals surface area contributed by atoms with Crippen molar-refractivity contribution in [3.05, 3.63) is 59.7 Å². The molecule has 2 unspecified atom stereocenters. The Morgan fingerprint density at radius 2 is 1.06 bits per heavy atom. The minimum atomic E-state index is -3.28. The van der Waals surface area contributed by atoms with Gasteiger partial charge in [-0.15, -0.1) is 0 Å². The normalized spacial score (nSPS) is 14.1. The second kappa shape index (κ2) is 16.3. The van der Waals surface area contributed by atoms with E-state index >= 15 is 0 Å².